The van der Waals surface area contributed by atoms with Crippen molar-refractivity contribution in [2.24, 2.45) is 5.92 Å². The molecule has 8 nitrogen and oxygen atoms in total. The van der Waals surface area contributed by atoms with Crippen molar-refractivity contribution >= 4 is 23.9 Å². The second kappa shape index (κ2) is 9.49. The fourth-order valence-corrected chi connectivity index (χ4v) is 3.83. The second-order valence-electron chi connectivity index (χ2n) is 9.07. The molecule has 0 aliphatic carbocycles. The first-order valence-corrected chi connectivity index (χ1v) is 10.8. The van der Waals surface area contributed by atoms with Gasteiger partial charge in [-0.15, -0.1) is 0 Å². The number of piperidine rings is 1. The Balaban J connectivity index is 1.33. The smallest absolute Gasteiger partial charge is 0.410 e. The number of fused-ring (bicyclic) bond motifs is 1. The van der Waals surface area contributed by atoms with Gasteiger partial charge in [0, 0.05) is 19.5 Å². The minimum atomic E-state index is -0.606. The molecule has 1 aromatic rings. The van der Waals surface area contributed by atoms with E-state index in [0.717, 1.165) is 25.7 Å². The molecule has 2 aliphatic rings. The lowest BCUT2D eigenvalue weighted by molar-refractivity contribution is -0.168. The molecule has 2 heterocycles. The van der Waals surface area contributed by atoms with Gasteiger partial charge in [-0.1, -0.05) is 30.0 Å². The summed E-state index contributed by atoms with van der Waals surface area (Å²) in [6.45, 7) is 6.94. The highest BCUT2D eigenvalue weighted by atomic mass is 16.7. The number of likely N-dealkylation sites (tertiary alicyclic amines) is 1. The topological polar surface area (TPSA) is 93.2 Å². The van der Waals surface area contributed by atoms with Gasteiger partial charge in [-0.25, -0.2) is 9.59 Å². The minimum absolute atomic E-state index is 0.143. The van der Waals surface area contributed by atoms with Crippen molar-refractivity contribution in [3.63, 3.8) is 0 Å². The van der Waals surface area contributed by atoms with Crippen molar-refractivity contribution in [2.75, 3.05) is 13.1 Å². The Morgan fingerprint density at radius 3 is 2.13 bits per heavy atom. The number of hydrogen-bond acceptors (Lipinski definition) is 6. The molecule has 31 heavy (non-hydrogen) atoms. The number of ether oxygens (including phenoxy) is 1. The zero-order valence-corrected chi connectivity index (χ0v) is 18.4. The number of imide groups is 1. The third-order valence-corrected chi connectivity index (χ3v) is 5.46. The van der Waals surface area contributed by atoms with Gasteiger partial charge in [-0.3, -0.25) is 9.59 Å². The maximum atomic E-state index is 12.2. The van der Waals surface area contributed by atoms with Crippen molar-refractivity contribution in [3.8, 4) is 0 Å². The van der Waals surface area contributed by atoms with Crippen LogP contribution in [-0.4, -0.2) is 52.5 Å². The summed E-state index contributed by atoms with van der Waals surface area (Å²) in [5.74, 6) is -1.29. The summed E-state index contributed by atoms with van der Waals surface area (Å²) < 4.78 is 5.41. The number of rotatable bonds is 6. The van der Waals surface area contributed by atoms with Gasteiger partial charge in [0.05, 0.1) is 11.1 Å². The molecule has 3 amide bonds. The average Bonchev–Trinajstić information content (AvgIpc) is 2.95. The van der Waals surface area contributed by atoms with Crippen LogP contribution in [0, 0.1) is 5.92 Å². The lowest BCUT2D eigenvalue weighted by Gasteiger charge is -2.33. The highest BCUT2D eigenvalue weighted by Gasteiger charge is 2.38. The number of nitrogens with zero attached hydrogens (tertiary/aromatic N) is 2. The van der Waals surface area contributed by atoms with E-state index < -0.39 is 23.4 Å². The van der Waals surface area contributed by atoms with Crippen molar-refractivity contribution in [2.45, 2.75) is 64.9 Å². The zero-order valence-electron chi connectivity index (χ0n) is 18.4. The maximum absolute atomic E-state index is 12.2. The predicted molar refractivity (Wildman–Crippen MR) is 112 cm³/mol. The van der Waals surface area contributed by atoms with Crippen LogP contribution in [0.1, 0.15) is 80.0 Å². The van der Waals surface area contributed by atoms with Gasteiger partial charge in [0.2, 0.25) is 0 Å². The molecule has 0 aromatic heterocycles. The van der Waals surface area contributed by atoms with Crippen molar-refractivity contribution in [3.05, 3.63) is 35.4 Å². The first-order valence-electron chi connectivity index (χ1n) is 10.8. The van der Waals surface area contributed by atoms with Crippen molar-refractivity contribution in [1.82, 2.24) is 9.96 Å². The standard InChI is InChI=1S/C23H30N2O6/c1-23(2,3)30-22(29)24-14-12-16(13-15-24)8-4-7-11-19(26)31-25-20(27)17-9-5-6-10-18(17)21(25)28/h5-6,9-10,16H,4,7-8,11-15H2,1-3H3. The molecule has 1 aromatic carbocycles. The Morgan fingerprint density at radius 2 is 1.58 bits per heavy atom. The predicted octanol–water partition coefficient (Wildman–Crippen LogP) is 3.95. The van der Waals surface area contributed by atoms with E-state index >= 15 is 0 Å². The van der Waals surface area contributed by atoms with Gasteiger partial charge in [0.1, 0.15) is 5.60 Å². The van der Waals surface area contributed by atoms with Gasteiger partial charge in [-0.2, -0.15) is 0 Å². The fourth-order valence-electron chi connectivity index (χ4n) is 3.83. The average molecular weight is 431 g/mol. The van der Waals surface area contributed by atoms with Crippen LogP contribution in [0.25, 0.3) is 0 Å². The summed E-state index contributed by atoms with van der Waals surface area (Å²) >= 11 is 0. The Kier molecular flexibility index (Phi) is 6.97. The quantitative estimate of drug-likeness (QED) is 0.501. The van der Waals surface area contributed by atoms with Crippen LogP contribution in [-0.2, 0) is 14.4 Å². The van der Waals surface area contributed by atoms with E-state index in [4.69, 9.17) is 9.57 Å². The molecule has 0 bridgehead atoms. The summed E-state index contributed by atoms with van der Waals surface area (Å²) in [6.07, 6.45) is 4.13. The Hall–Kier alpha value is -2.90. The molecule has 8 heteroatoms. The number of unbranched alkanes of at least 4 members (excludes halogenated alkanes) is 1. The molecule has 0 N–H and O–H groups in total. The lowest BCUT2D eigenvalue weighted by Crippen LogP contribution is -2.41. The minimum Gasteiger partial charge on any atom is -0.444 e. The molecule has 0 spiro atoms. The van der Waals surface area contributed by atoms with E-state index in [-0.39, 0.29) is 23.6 Å². The van der Waals surface area contributed by atoms with Crippen molar-refractivity contribution < 1.29 is 28.8 Å². The Labute approximate surface area is 182 Å². The number of carbonyl (C=O) groups is 4. The lowest BCUT2D eigenvalue weighted by atomic mass is 9.91. The third kappa shape index (κ3) is 5.83. The van der Waals surface area contributed by atoms with Crippen LogP contribution in [0.5, 0.6) is 0 Å². The Bertz CT molecular complexity index is 817. The van der Waals surface area contributed by atoms with Crippen LogP contribution >= 0.6 is 0 Å². The van der Waals surface area contributed by atoms with E-state index in [1.165, 1.54) is 12.1 Å². The molecule has 2 aliphatic heterocycles. The van der Waals surface area contributed by atoms with Crippen molar-refractivity contribution in [1.29, 1.82) is 0 Å². The van der Waals surface area contributed by atoms with Crippen LogP contribution in [0.15, 0.2) is 24.3 Å². The monoisotopic (exact) mass is 430 g/mol. The van der Waals surface area contributed by atoms with E-state index in [1.807, 2.05) is 20.8 Å². The first-order chi connectivity index (χ1) is 14.7. The summed E-state index contributed by atoms with van der Waals surface area (Å²) in [5.41, 5.74) is 0.00589. The normalized spacial score (nSPS) is 17.0. The van der Waals surface area contributed by atoms with Crippen LogP contribution in [0.2, 0.25) is 0 Å². The molecule has 1 saturated heterocycles. The second-order valence-corrected chi connectivity index (χ2v) is 9.07. The first kappa shape index (κ1) is 22.8. The molecular weight excluding hydrogens is 400 g/mol. The molecular formula is C23H30N2O6. The highest BCUT2D eigenvalue weighted by molar-refractivity contribution is 6.20. The van der Waals surface area contributed by atoms with E-state index in [2.05, 4.69) is 0 Å². The van der Waals surface area contributed by atoms with Gasteiger partial charge in [0.15, 0.2) is 0 Å². The van der Waals surface area contributed by atoms with Crippen LogP contribution < -0.4 is 0 Å². The summed E-state index contributed by atoms with van der Waals surface area (Å²) in [4.78, 5) is 55.4. The largest absolute Gasteiger partial charge is 0.444 e. The van der Waals surface area contributed by atoms with Crippen LogP contribution in [0.4, 0.5) is 4.79 Å². The van der Waals surface area contributed by atoms with E-state index in [0.29, 0.717) is 30.5 Å². The van der Waals surface area contributed by atoms with E-state index in [1.54, 1.807) is 17.0 Å². The van der Waals surface area contributed by atoms with E-state index in [9.17, 15) is 19.2 Å². The van der Waals surface area contributed by atoms with Gasteiger partial charge in [-0.05, 0) is 58.1 Å². The molecule has 0 atom stereocenters. The number of amides is 3. The van der Waals surface area contributed by atoms with Gasteiger partial charge in [0.25, 0.3) is 11.8 Å². The molecule has 168 valence electrons. The summed E-state index contributed by atoms with van der Waals surface area (Å²) in [7, 11) is 0. The third-order valence-electron chi connectivity index (χ3n) is 5.46. The van der Waals surface area contributed by atoms with Gasteiger partial charge < -0.3 is 14.5 Å². The highest BCUT2D eigenvalue weighted by Crippen LogP contribution is 2.25. The summed E-state index contributed by atoms with van der Waals surface area (Å²) in [6, 6.07) is 6.40. The number of hydroxylamine groups is 2. The number of hydrogen-bond donors (Lipinski definition) is 0. The molecule has 0 saturated carbocycles. The molecule has 0 unspecified atom stereocenters. The SMILES string of the molecule is CC(C)(C)OC(=O)N1CCC(CCCCC(=O)ON2C(=O)c3ccccc3C2=O)CC1. The zero-order chi connectivity index (χ0) is 22.6. The Morgan fingerprint density at radius 1 is 1.00 bits per heavy atom. The number of carbonyl (C=O) groups excluding carboxylic acids is 4. The summed E-state index contributed by atoms with van der Waals surface area (Å²) in [5, 5.41) is 0.555. The molecule has 0 radical (unpaired) electrons. The molecule has 3 rings (SSSR count). The fraction of sp³-hybridized carbons (Fsp3) is 0.565. The van der Waals surface area contributed by atoms with Gasteiger partial charge >= 0.3 is 12.1 Å². The maximum Gasteiger partial charge on any atom is 0.410 e. The number of benzene rings is 1. The van der Waals surface area contributed by atoms with Crippen LogP contribution in [0.3, 0.4) is 0 Å². The molecule has 1 fully saturated rings.